The molecule has 4 nitrogen and oxygen atoms in total. The zero-order chi connectivity index (χ0) is 30.5. The molecule has 0 aliphatic heterocycles. The number of pyridine rings is 1. The minimum absolute atomic E-state index is 0. The first kappa shape index (κ1) is 28.9. The molecule has 0 atom stereocenters. The zero-order valence-electron chi connectivity index (χ0n) is 25.0. The molecular weight excluding hydrogens is 758 g/mol. The second-order valence-electron chi connectivity index (χ2n) is 11.3. The van der Waals surface area contributed by atoms with Gasteiger partial charge in [0, 0.05) is 11.7 Å². The fourth-order valence-electron chi connectivity index (χ4n) is 6.32. The molecular formula is C42H25N3OPt. The molecule has 0 N–H and O–H groups in total. The van der Waals surface area contributed by atoms with Crippen LogP contribution in [-0.4, -0.2) is 14.5 Å². The van der Waals surface area contributed by atoms with Gasteiger partial charge in [0.15, 0.2) is 0 Å². The van der Waals surface area contributed by atoms with Gasteiger partial charge in [0.2, 0.25) is 0 Å². The van der Waals surface area contributed by atoms with Crippen LogP contribution in [0.1, 0.15) is 0 Å². The Bertz CT molecular complexity index is 2480. The van der Waals surface area contributed by atoms with Gasteiger partial charge in [-0.05, 0) is 68.8 Å². The number of rotatable bonds is 5. The van der Waals surface area contributed by atoms with Crippen LogP contribution in [0, 0.1) is 12.1 Å². The summed E-state index contributed by atoms with van der Waals surface area (Å²) in [7, 11) is 0. The fraction of sp³-hybridized carbons (Fsp3) is 0. The van der Waals surface area contributed by atoms with Gasteiger partial charge in [0.25, 0.3) is 0 Å². The zero-order valence-corrected chi connectivity index (χ0v) is 27.3. The van der Waals surface area contributed by atoms with Crippen LogP contribution in [0.3, 0.4) is 0 Å². The third kappa shape index (κ3) is 5.08. The number of aromatic nitrogens is 3. The molecule has 0 aliphatic rings. The van der Waals surface area contributed by atoms with Gasteiger partial charge in [-0.2, -0.15) is 0 Å². The summed E-state index contributed by atoms with van der Waals surface area (Å²) in [5.74, 6) is 0.544. The third-order valence-corrected chi connectivity index (χ3v) is 8.49. The molecule has 0 amide bonds. The van der Waals surface area contributed by atoms with Crippen LogP contribution in [0.4, 0.5) is 0 Å². The second kappa shape index (κ2) is 12.0. The Balaban J connectivity index is 0.00000324. The largest absolute Gasteiger partial charge is 2.00 e. The Kier molecular flexibility index (Phi) is 7.36. The molecule has 0 aliphatic carbocycles. The van der Waals surface area contributed by atoms with Crippen LogP contribution in [-0.2, 0) is 21.1 Å². The molecule has 0 fully saturated rings. The van der Waals surface area contributed by atoms with Crippen LogP contribution in [0.25, 0.3) is 83.6 Å². The van der Waals surface area contributed by atoms with Crippen molar-refractivity contribution >= 4 is 32.9 Å². The molecule has 9 aromatic rings. The summed E-state index contributed by atoms with van der Waals surface area (Å²) in [4.78, 5) is 9.36. The van der Waals surface area contributed by atoms with Crippen molar-refractivity contribution in [3.63, 3.8) is 0 Å². The summed E-state index contributed by atoms with van der Waals surface area (Å²) in [6, 6.07) is 57.3. The Morgan fingerprint density at radius 3 is 2.17 bits per heavy atom. The first-order chi connectivity index (χ1) is 22.8. The van der Waals surface area contributed by atoms with E-state index in [0.717, 1.165) is 66.5 Å². The van der Waals surface area contributed by atoms with E-state index >= 15 is 0 Å². The van der Waals surface area contributed by atoms with E-state index in [1.54, 1.807) is 0 Å². The van der Waals surface area contributed by atoms with Crippen molar-refractivity contribution in [3.05, 3.63) is 164 Å². The first-order valence-corrected chi connectivity index (χ1v) is 15.3. The predicted octanol–water partition coefficient (Wildman–Crippen LogP) is 10.6. The van der Waals surface area contributed by atoms with Crippen molar-refractivity contribution in [2.75, 3.05) is 0 Å². The van der Waals surface area contributed by atoms with Crippen molar-refractivity contribution in [2.24, 2.45) is 0 Å². The number of fused-ring (bicyclic) bond motifs is 4. The van der Waals surface area contributed by atoms with E-state index in [-0.39, 0.29) is 21.1 Å². The first-order valence-electron chi connectivity index (χ1n) is 15.3. The van der Waals surface area contributed by atoms with Gasteiger partial charge in [-0.1, -0.05) is 102 Å². The Labute approximate surface area is 286 Å². The molecule has 9 rings (SSSR count). The number of para-hydroxylation sites is 2. The van der Waals surface area contributed by atoms with Crippen molar-refractivity contribution in [2.45, 2.75) is 0 Å². The summed E-state index contributed by atoms with van der Waals surface area (Å²) < 4.78 is 8.41. The van der Waals surface area contributed by atoms with Crippen LogP contribution in [0.2, 0.25) is 0 Å². The Hall–Kier alpha value is -5.57. The molecule has 0 unspecified atom stereocenters. The summed E-state index contributed by atoms with van der Waals surface area (Å²) in [5, 5.41) is 2.25. The second-order valence-corrected chi connectivity index (χ2v) is 11.3. The van der Waals surface area contributed by atoms with Crippen molar-refractivity contribution in [1.29, 1.82) is 0 Å². The molecule has 224 valence electrons. The fourth-order valence-corrected chi connectivity index (χ4v) is 6.32. The Morgan fingerprint density at radius 1 is 0.574 bits per heavy atom. The van der Waals surface area contributed by atoms with E-state index in [4.69, 9.17) is 9.40 Å². The number of nitrogens with zero attached hydrogens (tertiary/aromatic N) is 3. The molecule has 0 saturated heterocycles. The molecule has 3 aromatic heterocycles. The smallest absolute Gasteiger partial charge is 0.481 e. The third-order valence-electron chi connectivity index (χ3n) is 8.49. The molecule has 0 spiro atoms. The van der Waals surface area contributed by atoms with E-state index in [9.17, 15) is 0 Å². The van der Waals surface area contributed by atoms with Crippen molar-refractivity contribution in [3.8, 4) is 50.7 Å². The van der Waals surface area contributed by atoms with E-state index in [2.05, 4.69) is 113 Å². The molecule has 0 radical (unpaired) electrons. The molecule has 5 heteroatoms. The minimum Gasteiger partial charge on any atom is -0.481 e. The Morgan fingerprint density at radius 2 is 1.34 bits per heavy atom. The number of benzene rings is 6. The standard InChI is InChI=1S/C42H25N3O.Pt/c1-2-10-28(11-3-1)29-19-21-30(22-20-29)34-14-9-17-38-41(34)35-24-23-32(42-44-37-16-4-5-18-40(37)46-42)27-39(35)45(38)33-13-8-12-31(26-33)36-15-6-7-25-43-36;/h1-25H;/q-2;+2. The molecule has 0 saturated carbocycles. The van der Waals surface area contributed by atoms with Gasteiger partial charge in [-0.15, -0.1) is 48.0 Å². The molecule has 47 heavy (non-hydrogen) atoms. The van der Waals surface area contributed by atoms with Crippen molar-refractivity contribution in [1.82, 2.24) is 14.5 Å². The summed E-state index contributed by atoms with van der Waals surface area (Å²) in [6.07, 6.45) is 1.81. The van der Waals surface area contributed by atoms with Gasteiger partial charge in [-0.3, -0.25) is 4.98 Å². The van der Waals surface area contributed by atoms with E-state index < -0.39 is 0 Å². The summed E-state index contributed by atoms with van der Waals surface area (Å²) >= 11 is 0. The normalized spacial score (nSPS) is 11.2. The van der Waals surface area contributed by atoms with Gasteiger partial charge in [0.1, 0.15) is 11.5 Å². The van der Waals surface area contributed by atoms with Crippen LogP contribution in [0.5, 0.6) is 0 Å². The quantitative estimate of drug-likeness (QED) is 0.163. The van der Waals surface area contributed by atoms with Crippen LogP contribution in [0.15, 0.2) is 156 Å². The minimum atomic E-state index is 0. The van der Waals surface area contributed by atoms with Gasteiger partial charge < -0.3 is 14.0 Å². The van der Waals surface area contributed by atoms with Gasteiger partial charge in [0.05, 0.1) is 5.52 Å². The predicted molar refractivity (Wildman–Crippen MR) is 186 cm³/mol. The van der Waals surface area contributed by atoms with Gasteiger partial charge >= 0.3 is 21.1 Å². The maximum Gasteiger partial charge on any atom is 2.00 e. The average molecular weight is 783 g/mol. The average Bonchev–Trinajstić information content (AvgIpc) is 3.72. The maximum absolute atomic E-state index is 6.17. The van der Waals surface area contributed by atoms with Crippen molar-refractivity contribution < 1.29 is 25.5 Å². The number of hydrogen-bond acceptors (Lipinski definition) is 3. The summed E-state index contributed by atoms with van der Waals surface area (Å²) in [5.41, 5.74) is 11.8. The van der Waals surface area contributed by atoms with Crippen LogP contribution < -0.4 is 0 Å². The van der Waals surface area contributed by atoms with Crippen LogP contribution >= 0.6 is 0 Å². The van der Waals surface area contributed by atoms with E-state index in [0.29, 0.717) is 5.89 Å². The molecule has 6 aromatic carbocycles. The molecule has 3 heterocycles. The van der Waals surface area contributed by atoms with E-state index in [1.165, 1.54) is 11.1 Å². The molecule has 0 bridgehead atoms. The monoisotopic (exact) mass is 782 g/mol. The number of oxazole rings is 1. The maximum atomic E-state index is 6.17. The number of hydrogen-bond donors (Lipinski definition) is 0. The van der Waals surface area contributed by atoms with Gasteiger partial charge in [-0.25, -0.2) is 0 Å². The summed E-state index contributed by atoms with van der Waals surface area (Å²) in [6.45, 7) is 0. The van der Waals surface area contributed by atoms with E-state index in [1.807, 2.05) is 60.8 Å². The SMILES string of the molecule is [Pt+2].[c-]1c(-c2ccccn2)cccc1-n1c2[c-]c(-c3nc4ccccc4o3)ccc2c2c(-c3ccc(-c4ccccc4)cc3)cccc21. The topological polar surface area (TPSA) is 43.9 Å².